The summed E-state index contributed by atoms with van der Waals surface area (Å²) in [7, 11) is -3.71. The molecule has 7 heteroatoms. The number of hydrogen-bond acceptors (Lipinski definition) is 3. The van der Waals surface area contributed by atoms with Crippen molar-refractivity contribution in [3.63, 3.8) is 0 Å². The number of benzene rings is 2. The molecular formula is C13H12ClIN2O2S. The van der Waals surface area contributed by atoms with Crippen LogP contribution in [0.25, 0.3) is 0 Å². The molecule has 0 spiro atoms. The molecule has 20 heavy (non-hydrogen) atoms. The number of halogens is 2. The molecule has 0 bridgehead atoms. The van der Waals surface area contributed by atoms with E-state index in [1.54, 1.807) is 36.4 Å². The topological polar surface area (TPSA) is 72.2 Å². The van der Waals surface area contributed by atoms with Crippen LogP contribution in [0.2, 0.25) is 5.02 Å². The predicted octanol–water partition coefficient (Wildman–Crippen LogP) is 3.20. The normalized spacial score (nSPS) is 11.3. The number of sulfonamides is 1. The van der Waals surface area contributed by atoms with E-state index in [1.165, 1.54) is 6.07 Å². The molecule has 0 aliphatic carbocycles. The van der Waals surface area contributed by atoms with Gasteiger partial charge in [0.05, 0.1) is 15.6 Å². The van der Waals surface area contributed by atoms with Crippen molar-refractivity contribution in [2.45, 2.75) is 11.4 Å². The van der Waals surface area contributed by atoms with Crippen molar-refractivity contribution in [1.29, 1.82) is 0 Å². The molecule has 2 aromatic rings. The lowest BCUT2D eigenvalue weighted by Gasteiger charge is -2.12. The number of nitrogens with one attached hydrogen (secondary N) is 1. The highest BCUT2D eigenvalue weighted by atomic mass is 127. The van der Waals surface area contributed by atoms with Crippen LogP contribution in [0, 0.1) is 3.57 Å². The molecule has 0 amide bonds. The summed E-state index contributed by atoms with van der Waals surface area (Å²) in [6.45, 7) is 0.150. The van der Waals surface area contributed by atoms with E-state index in [1.807, 2.05) is 0 Å². The highest BCUT2D eigenvalue weighted by Gasteiger charge is 2.18. The molecular weight excluding hydrogens is 411 g/mol. The van der Waals surface area contributed by atoms with Crippen LogP contribution in [-0.2, 0) is 16.6 Å². The molecule has 0 unspecified atom stereocenters. The summed E-state index contributed by atoms with van der Waals surface area (Å²) in [6.07, 6.45) is 0. The number of rotatable bonds is 4. The van der Waals surface area contributed by atoms with Crippen molar-refractivity contribution in [3.8, 4) is 0 Å². The molecule has 0 aliphatic rings. The third kappa shape index (κ3) is 3.43. The van der Waals surface area contributed by atoms with Crippen molar-refractivity contribution in [3.05, 3.63) is 56.6 Å². The maximum atomic E-state index is 12.4. The van der Waals surface area contributed by atoms with Crippen LogP contribution in [0.4, 0.5) is 5.69 Å². The van der Waals surface area contributed by atoms with Gasteiger partial charge in [0, 0.05) is 10.1 Å². The van der Waals surface area contributed by atoms with E-state index in [4.69, 9.17) is 17.3 Å². The average molecular weight is 423 g/mol. The summed E-state index contributed by atoms with van der Waals surface area (Å²) in [5.41, 5.74) is 6.47. The van der Waals surface area contributed by atoms with Crippen LogP contribution in [-0.4, -0.2) is 8.42 Å². The molecule has 0 radical (unpaired) electrons. The average Bonchev–Trinajstić information content (AvgIpc) is 2.42. The second kappa shape index (κ2) is 6.30. The van der Waals surface area contributed by atoms with Crippen molar-refractivity contribution < 1.29 is 8.42 Å². The monoisotopic (exact) mass is 422 g/mol. The Hall–Kier alpha value is -0.830. The summed E-state index contributed by atoms with van der Waals surface area (Å²) in [5, 5.41) is 0.353. The van der Waals surface area contributed by atoms with Crippen LogP contribution >= 0.6 is 34.2 Å². The van der Waals surface area contributed by atoms with Crippen molar-refractivity contribution in [2.75, 3.05) is 4.72 Å². The zero-order chi connectivity index (χ0) is 14.8. The Morgan fingerprint density at radius 1 is 1.20 bits per heavy atom. The first kappa shape index (κ1) is 15.6. The zero-order valence-electron chi connectivity index (χ0n) is 10.3. The predicted molar refractivity (Wildman–Crippen MR) is 89.3 cm³/mol. The van der Waals surface area contributed by atoms with Gasteiger partial charge in [-0.05, 0) is 52.4 Å². The lowest BCUT2D eigenvalue weighted by molar-refractivity contribution is 0.600. The molecule has 0 saturated carbocycles. The molecule has 2 rings (SSSR count). The molecule has 0 fully saturated rings. The third-order valence-electron chi connectivity index (χ3n) is 2.66. The van der Waals surface area contributed by atoms with Gasteiger partial charge in [0.2, 0.25) is 0 Å². The van der Waals surface area contributed by atoms with Gasteiger partial charge in [-0.3, -0.25) is 4.72 Å². The Morgan fingerprint density at radius 3 is 2.55 bits per heavy atom. The first-order chi connectivity index (χ1) is 9.44. The van der Waals surface area contributed by atoms with E-state index >= 15 is 0 Å². The van der Waals surface area contributed by atoms with Crippen LogP contribution in [0.3, 0.4) is 0 Å². The van der Waals surface area contributed by atoms with E-state index in [9.17, 15) is 8.42 Å². The van der Waals surface area contributed by atoms with Crippen LogP contribution < -0.4 is 10.5 Å². The number of hydrogen-bond donors (Lipinski definition) is 2. The van der Waals surface area contributed by atoms with Crippen LogP contribution in [0.5, 0.6) is 0 Å². The Kier molecular flexibility index (Phi) is 4.90. The molecule has 0 atom stereocenters. The van der Waals surface area contributed by atoms with Gasteiger partial charge < -0.3 is 5.73 Å². The molecule has 2 aromatic carbocycles. The quantitative estimate of drug-likeness (QED) is 0.743. The van der Waals surface area contributed by atoms with Gasteiger partial charge in [0.25, 0.3) is 10.0 Å². The van der Waals surface area contributed by atoms with E-state index < -0.39 is 10.0 Å². The standard InChI is InChI=1S/C13H12ClIN2O2S/c14-11-7-10(15)5-6-12(11)17-20(18,19)13-4-2-1-3-9(13)8-16/h1-7,17H,8,16H2. The van der Waals surface area contributed by atoms with Crippen molar-refractivity contribution in [1.82, 2.24) is 0 Å². The molecule has 0 heterocycles. The van der Waals surface area contributed by atoms with Gasteiger partial charge in [-0.25, -0.2) is 8.42 Å². The Morgan fingerprint density at radius 2 is 1.90 bits per heavy atom. The maximum Gasteiger partial charge on any atom is 0.262 e. The fraction of sp³-hybridized carbons (Fsp3) is 0.0769. The summed E-state index contributed by atoms with van der Waals surface area (Å²) in [5.74, 6) is 0. The van der Waals surface area contributed by atoms with Gasteiger partial charge in [-0.1, -0.05) is 29.8 Å². The highest BCUT2D eigenvalue weighted by molar-refractivity contribution is 14.1. The second-order valence-corrected chi connectivity index (χ2v) is 7.35. The Bertz CT molecular complexity index is 735. The first-order valence-corrected chi connectivity index (χ1v) is 8.64. The molecule has 3 N–H and O–H groups in total. The largest absolute Gasteiger partial charge is 0.326 e. The van der Waals surface area contributed by atoms with Crippen molar-refractivity contribution in [2.24, 2.45) is 5.73 Å². The van der Waals surface area contributed by atoms with Crippen molar-refractivity contribution >= 4 is 49.9 Å². The lowest BCUT2D eigenvalue weighted by atomic mass is 10.2. The van der Waals surface area contributed by atoms with E-state index in [-0.39, 0.29) is 11.4 Å². The Labute approximate surface area is 136 Å². The fourth-order valence-electron chi connectivity index (χ4n) is 1.71. The summed E-state index contributed by atoms with van der Waals surface area (Å²) >= 11 is 8.14. The third-order valence-corrected chi connectivity index (χ3v) is 5.11. The number of anilines is 1. The minimum atomic E-state index is -3.71. The highest BCUT2D eigenvalue weighted by Crippen LogP contribution is 2.27. The minimum absolute atomic E-state index is 0.150. The smallest absolute Gasteiger partial charge is 0.262 e. The fourth-order valence-corrected chi connectivity index (χ4v) is 4.00. The summed E-state index contributed by atoms with van der Waals surface area (Å²) < 4.78 is 28.2. The maximum absolute atomic E-state index is 12.4. The number of nitrogens with two attached hydrogens (primary N) is 1. The molecule has 0 aromatic heterocycles. The lowest BCUT2D eigenvalue weighted by Crippen LogP contribution is -2.16. The summed E-state index contributed by atoms with van der Waals surface area (Å²) in [4.78, 5) is 0.164. The zero-order valence-corrected chi connectivity index (χ0v) is 14.0. The second-order valence-electron chi connectivity index (χ2n) is 4.04. The Balaban J connectivity index is 2.41. The van der Waals surface area contributed by atoms with E-state index in [0.29, 0.717) is 16.3 Å². The summed E-state index contributed by atoms with van der Waals surface area (Å²) in [6, 6.07) is 11.7. The van der Waals surface area contributed by atoms with Crippen LogP contribution in [0.15, 0.2) is 47.4 Å². The molecule has 4 nitrogen and oxygen atoms in total. The molecule has 0 aliphatic heterocycles. The molecule has 106 valence electrons. The van der Waals surface area contributed by atoms with Gasteiger partial charge in [-0.15, -0.1) is 0 Å². The van der Waals surface area contributed by atoms with Gasteiger partial charge in [0.15, 0.2) is 0 Å². The molecule has 0 saturated heterocycles. The SMILES string of the molecule is NCc1ccccc1S(=O)(=O)Nc1ccc(I)cc1Cl. The van der Waals surface area contributed by atoms with E-state index in [0.717, 1.165) is 3.57 Å². The minimum Gasteiger partial charge on any atom is -0.326 e. The van der Waals surface area contributed by atoms with Gasteiger partial charge >= 0.3 is 0 Å². The van der Waals surface area contributed by atoms with Gasteiger partial charge in [0.1, 0.15) is 0 Å². The van der Waals surface area contributed by atoms with E-state index in [2.05, 4.69) is 27.3 Å². The first-order valence-electron chi connectivity index (χ1n) is 5.70. The van der Waals surface area contributed by atoms with Gasteiger partial charge in [-0.2, -0.15) is 0 Å². The van der Waals surface area contributed by atoms with Crippen LogP contribution in [0.1, 0.15) is 5.56 Å².